The van der Waals surface area contributed by atoms with Crippen molar-refractivity contribution < 1.29 is 10.3 Å². The van der Waals surface area contributed by atoms with E-state index in [1.807, 2.05) is 0 Å². The first-order valence-corrected chi connectivity index (χ1v) is 3.44. The Hall–Kier alpha value is -0.990. The molecule has 0 unspecified atom stereocenters. The Morgan fingerprint density at radius 1 is 1.45 bits per heavy atom. The predicted molar refractivity (Wildman–Crippen MR) is 43.2 cm³/mol. The van der Waals surface area contributed by atoms with Crippen LogP contribution in [0.4, 0.5) is 0 Å². The number of halogens is 1. The average Bonchev–Trinajstić information content (AvgIpc) is 1.97. The highest BCUT2D eigenvalue weighted by atomic mass is 127. The minimum absolute atomic E-state index is 0.0911. The highest BCUT2D eigenvalue weighted by Crippen LogP contribution is 2.02. The summed E-state index contributed by atoms with van der Waals surface area (Å²) in [6.45, 7) is 0. The van der Waals surface area contributed by atoms with Crippen LogP contribution in [-0.2, 0) is 0 Å². The maximum atomic E-state index is 10.7. The van der Waals surface area contributed by atoms with Crippen LogP contribution in [0, 0.1) is 0 Å². The van der Waals surface area contributed by atoms with Crippen LogP contribution in [-0.4, -0.2) is 17.8 Å². The number of aromatic nitrogens is 2. The summed E-state index contributed by atoms with van der Waals surface area (Å²) in [6, 6.07) is 0.730. The molecule has 6 nitrogen and oxygen atoms in total. The topological polar surface area (TPSA) is 84.5 Å². The van der Waals surface area contributed by atoms with E-state index >= 15 is 0 Å². The fourth-order valence-electron chi connectivity index (χ4n) is 0.504. The van der Waals surface area contributed by atoms with Crippen LogP contribution < -0.4 is 11.2 Å². The first-order chi connectivity index (χ1) is 5.04. The van der Waals surface area contributed by atoms with E-state index in [2.05, 4.69) is 0 Å². The SMILES string of the molecule is O=c1cc(O)n(I)c(=O)n1O. The van der Waals surface area contributed by atoms with E-state index < -0.39 is 17.1 Å². The summed E-state index contributed by atoms with van der Waals surface area (Å²) in [6.07, 6.45) is 0. The van der Waals surface area contributed by atoms with E-state index in [0.29, 0.717) is 2.78 Å². The van der Waals surface area contributed by atoms with Gasteiger partial charge in [0, 0.05) is 0 Å². The van der Waals surface area contributed by atoms with E-state index in [1.54, 1.807) is 0 Å². The van der Waals surface area contributed by atoms with Crippen molar-refractivity contribution in [2.24, 2.45) is 0 Å². The zero-order chi connectivity index (χ0) is 8.59. The highest BCUT2D eigenvalue weighted by Gasteiger charge is 2.05. The minimum Gasteiger partial charge on any atom is -0.494 e. The summed E-state index contributed by atoms with van der Waals surface area (Å²) < 4.78 is 0.616. The Bertz CT molecular complexity index is 392. The Kier molecular flexibility index (Phi) is 1.89. The van der Waals surface area contributed by atoms with Crippen LogP contribution in [0.1, 0.15) is 0 Å². The van der Waals surface area contributed by atoms with Crippen LogP contribution in [0.25, 0.3) is 0 Å². The molecular formula is C4H3IN2O4. The zero-order valence-corrected chi connectivity index (χ0v) is 7.22. The van der Waals surface area contributed by atoms with Crippen molar-refractivity contribution in [1.82, 2.24) is 7.51 Å². The van der Waals surface area contributed by atoms with Crippen molar-refractivity contribution in [2.75, 3.05) is 0 Å². The maximum Gasteiger partial charge on any atom is 0.376 e. The van der Waals surface area contributed by atoms with Gasteiger partial charge in [-0.05, 0) is 0 Å². The second-order valence-electron chi connectivity index (χ2n) is 1.72. The molecule has 0 saturated heterocycles. The molecule has 1 rings (SSSR count). The molecule has 0 atom stereocenters. The maximum absolute atomic E-state index is 10.7. The van der Waals surface area contributed by atoms with Gasteiger partial charge < -0.3 is 10.3 Å². The lowest BCUT2D eigenvalue weighted by molar-refractivity contribution is 0.157. The van der Waals surface area contributed by atoms with Crippen LogP contribution in [0.15, 0.2) is 15.7 Å². The summed E-state index contributed by atoms with van der Waals surface area (Å²) in [5, 5.41) is 17.5. The Morgan fingerprint density at radius 3 is 2.55 bits per heavy atom. The van der Waals surface area contributed by atoms with Gasteiger partial charge in [-0.2, -0.15) is 2.78 Å². The van der Waals surface area contributed by atoms with Gasteiger partial charge in [0.15, 0.2) is 0 Å². The van der Waals surface area contributed by atoms with E-state index in [0.717, 1.165) is 6.07 Å². The number of rotatable bonds is 0. The molecule has 0 aromatic carbocycles. The molecule has 1 heterocycles. The van der Waals surface area contributed by atoms with Gasteiger partial charge in [0.1, 0.15) is 0 Å². The molecule has 0 bridgehead atoms. The number of hydrogen-bond acceptors (Lipinski definition) is 4. The molecule has 0 saturated carbocycles. The van der Waals surface area contributed by atoms with Crippen molar-refractivity contribution in [3.63, 3.8) is 0 Å². The quantitative estimate of drug-likeness (QED) is 0.475. The smallest absolute Gasteiger partial charge is 0.376 e. The standard InChI is InChI=1S/C4H3IN2O4/c5-6-2(8)1-3(9)7(11)4(6)10/h1,8,11H. The highest BCUT2D eigenvalue weighted by molar-refractivity contribution is 14.1. The van der Waals surface area contributed by atoms with Crippen LogP contribution in [0.2, 0.25) is 0 Å². The van der Waals surface area contributed by atoms with Gasteiger partial charge in [0.2, 0.25) is 5.88 Å². The summed E-state index contributed by atoms with van der Waals surface area (Å²) in [5.41, 5.74) is -1.95. The normalized spacial score (nSPS) is 9.91. The fourth-order valence-corrected chi connectivity index (χ4v) is 0.847. The molecular weight excluding hydrogens is 267 g/mol. The number of aromatic hydroxyl groups is 1. The molecule has 11 heavy (non-hydrogen) atoms. The van der Waals surface area contributed by atoms with Crippen LogP contribution in [0.3, 0.4) is 0 Å². The first-order valence-electron chi connectivity index (χ1n) is 2.47. The number of nitrogens with zero attached hydrogens (tertiary/aromatic N) is 2. The fraction of sp³-hybridized carbons (Fsp3) is 0. The second-order valence-corrected chi connectivity index (χ2v) is 2.68. The third-order valence-electron chi connectivity index (χ3n) is 1.01. The lowest BCUT2D eigenvalue weighted by Gasteiger charge is -1.98. The molecule has 0 radical (unpaired) electrons. The van der Waals surface area contributed by atoms with Gasteiger partial charge >= 0.3 is 5.69 Å². The lowest BCUT2D eigenvalue weighted by atomic mass is 10.6. The predicted octanol–water partition coefficient (Wildman–Crippen LogP) is -0.849. The summed E-state index contributed by atoms with van der Waals surface area (Å²) in [4.78, 5) is 21.3. The van der Waals surface area contributed by atoms with E-state index in [4.69, 9.17) is 10.3 Å². The van der Waals surface area contributed by atoms with Gasteiger partial charge in [-0.25, -0.2) is 4.79 Å². The van der Waals surface area contributed by atoms with Gasteiger partial charge in [0.25, 0.3) is 5.56 Å². The van der Waals surface area contributed by atoms with Crippen LogP contribution >= 0.6 is 22.9 Å². The summed E-state index contributed by atoms with van der Waals surface area (Å²) in [7, 11) is 0. The van der Waals surface area contributed by atoms with E-state index in [-0.39, 0.29) is 4.73 Å². The molecule has 2 N–H and O–H groups in total. The van der Waals surface area contributed by atoms with Gasteiger partial charge in [-0.15, -0.1) is 0 Å². The van der Waals surface area contributed by atoms with Crippen molar-refractivity contribution >= 4 is 22.9 Å². The zero-order valence-electron chi connectivity index (χ0n) is 5.06. The molecule has 0 aliphatic carbocycles. The number of hydrogen-bond donors (Lipinski definition) is 2. The molecule has 0 fully saturated rings. The average molecular weight is 270 g/mol. The molecule has 7 heteroatoms. The molecule has 60 valence electrons. The van der Waals surface area contributed by atoms with Crippen molar-refractivity contribution in [1.29, 1.82) is 0 Å². The third-order valence-corrected chi connectivity index (χ3v) is 1.92. The molecule has 1 aromatic rings. The Balaban J connectivity index is 3.74. The van der Waals surface area contributed by atoms with E-state index in [1.165, 1.54) is 22.9 Å². The van der Waals surface area contributed by atoms with Crippen molar-refractivity contribution in [3.8, 4) is 5.88 Å². The van der Waals surface area contributed by atoms with Gasteiger partial charge in [-0.3, -0.25) is 4.79 Å². The molecule has 0 aliphatic heterocycles. The summed E-state index contributed by atoms with van der Waals surface area (Å²) in [5.74, 6) is -0.495. The van der Waals surface area contributed by atoms with Gasteiger partial charge in [0.05, 0.1) is 28.9 Å². The largest absolute Gasteiger partial charge is 0.494 e. The summed E-state index contributed by atoms with van der Waals surface area (Å²) >= 11 is 1.45. The molecule has 0 amide bonds. The monoisotopic (exact) mass is 270 g/mol. The lowest BCUT2D eigenvalue weighted by Crippen LogP contribution is -2.34. The van der Waals surface area contributed by atoms with E-state index in [9.17, 15) is 9.59 Å². The minimum atomic E-state index is -0.990. The van der Waals surface area contributed by atoms with Crippen molar-refractivity contribution in [3.05, 3.63) is 26.9 Å². The van der Waals surface area contributed by atoms with Crippen LogP contribution in [0.5, 0.6) is 5.88 Å². The molecule has 0 spiro atoms. The molecule has 1 aromatic heterocycles. The molecule has 0 aliphatic rings. The Morgan fingerprint density at radius 2 is 2.00 bits per heavy atom. The third kappa shape index (κ3) is 1.23. The first kappa shape index (κ1) is 8.11. The van der Waals surface area contributed by atoms with Crippen molar-refractivity contribution in [2.45, 2.75) is 0 Å². The Labute approximate surface area is 73.8 Å². The second kappa shape index (κ2) is 2.57. The van der Waals surface area contributed by atoms with Gasteiger partial charge in [-0.1, -0.05) is 4.73 Å².